The van der Waals surface area contributed by atoms with Crippen LogP contribution in [0.4, 0.5) is 0 Å². The van der Waals surface area contributed by atoms with Crippen molar-refractivity contribution in [2.75, 3.05) is 14.2 Å². The molecule has 0 radical (unpaired) electrons. The molecule has 0 aliphatic heterocycles. The van der Waals surface area contributed by atoms with Crippen LogP contribution in [0.1, 0.15) is 12.5 Å². The minimum Gasteiger partial charge on any atom is -0.493 e. The Morgan fingerprint density at radius 2 is 1.61 bits per heavy atom. The highest BCUT2D eigenvalue weighted by atomic mass is 16.6. The number of esters is 1. The number of rotatable bonds is 6. The molecule has 0 saturated carbocycles. The molecular weight excluding hydrogens is 296 g/mol. The van der Waals surface area contributed by atoms with Crippen LogP contribution in [-0.4, -0.2) is 26.3 Å². The van der Waals surface area contributed by atoms with Gasteiger partial charge in [0, 0.05) is 0 Å². The van der Waals surface area contributed by atoms with Gasteiger partial charge in [-0.15, -0.1) is 0 Å². The summed E-state index contributed by atoms with van der Waals surface area (Å²) in [5.74, 6) is 1.15. The van der Waals surface area contributed by atoms with E-state index in [4.69, 9.17) is 18.9 Å². The molecule has 0 amide bonds. The van der Waals surface area contributed by atoms with Crippen LogP contribution in [0, 0.1) is 6.92 Å². The van der Waals surface area contributed by atoms with Gasteiger partial charge in [-0.25, -0.2) is 4.79 Å². The molecule has 122 valence electrons. The number of para-hydroxylation sites is 1. The van der Waals surface area contributed by atoms with Gasteiger partial charge < -0.3 is 18.9 Å². The zero-order valence-electron chi connectivity index (χ0n) is 13.7. The highest BCUT2D eigenvalue weighted by molar-refractivity contribution is 5.78. The molecule has 0 aliphatic rings. The number of benzene rings is 2. The maximum atomic E-state index is 12.3. The van der Waals surface area contributed by atoms with E-state index in [2.05, 4.69) is 0 Å². The van der Waals surface area contributed by atoms with Crippen LogP contribution in [0.15, 0.2) is 42.5 Å². The Balaban J connectivity index is 2.12. The number of carbonyl (C=O) groups is 1. The van der Waals surface area contributed by atoms with Gasteiger partial charge in [-0.05, 0) is 43.7 Å². The summed E-state index contributed by atoms with van der Waals surface area (Å²) < 4.78 is 21.4. The maximum absolute atomic E-state index is 12.3. The summed E-state index contributed by atoms with van der Waals surface area (Å²) in [7, 11) is 3.00. The molecule has 2 aromatic carbocycles. The first kappa shape index (κ1) is 16.7. The molecule has 5 heteroatoms. The van der Waals surface area contributed by atoms with Crippen molar-refractivity contribution in [3.8, 4) is 23.0 Å². The quantitative estimate of drug-likeness (QED) is 0.604. The molecule has 2 rings (SSSR count). The Morgan fingerprint density at radius 3 is 2.17 bits per heavy atom. The lowest BCUT2D eigenvalue weighted by atomic mass is 10.2. The van der Waals surface area contributed by atoms with E-state index in [1.807, 2.05) is 25.1 Å². The van der Waals surface area contributed by atoms with Gasteiger partial charge in [0.25, 0.3) is 0 Å². The zero-order valence-corrected chi connectivity index (χ0v) is 13.7. The summed E-state index contributed by atoms with van der Waals surface area (Å²) >= 11 is 0. The highest BCUT2D eigenvalue weighted by Gasteiger charge is 2.22. The van der Waals surface area contributed by atoms with Crippen molar-refractivity contribution < 1.29 is 23.7 Å². The first-order valence-corrected chi connectivity index (χ1v) is 7.21. The van der Waals surface area contributed by atoms with Crippen molar-refractivity contribution in [2.45, 2.75) is 20.0 Å². The molecule has 0 bridgehead atoms. The lowest BCUT2D eigenvalue weighted by Gasteiger charge is -2.17. The van der Waals surface area contributed by atoms with E-state index < -0.39 is 12.1 Å². The third-order valence-corrected chi connectivity index (χ3v) is 3.22. The predicted molar refractivity (Wildman–Crippen MR) is 86.5 cm³/mol. The molecule has 0 aliphatic carbocycles. The van der Waals surface area contributed by atoms with Gasteiger partial charge in [-0.1, -0.05) is 18.2 Å². The van der Waals surface area contributed by atoms with Gasteiger partial charge >= 0.3 is 5.97 Å². The third kappa shape index (κ3) is 4.16. The van der Waals surface area contributed by atoms with E-state index in [0.717, 1.165) is 5.56 Å². The van der Waals surface area contributed by atoms with E-state index in [-0.39, 0.29) is 5.75 Å². The van der Waals surface area contributed by atoms with Crippen LogP contribution < -0.4 is 18.9 Å². The smallest absolute Gasteiger partial charge is 0.352 e. The summed E-state index contributed by atoms with van der Waals surface area (Å²) in [5.41, 5.74) is 1.05. The van der Waals surface area contributed by atoms with Crippen molar-refractivity contribution >= 4 is 5.97 Å². The zero-order chi connectivity index (χ0) is 16.8. The number of carbonyl (C=O) groups excluding carboxylic acids is 1. The lowest BCUT2D eigenvalue weighted by molar-refractivity contribution is -0.141. The average Bonchev–Trinajstić information content (AvgIpc) is 2.54. The van der Waals surface area contributed by atoms with Crippen LogP contribution in [0.5, 0.6) is 23.0 Å². The fourth-order valence-electron chi connectivity index (χ4n) is 2.04. The van der Waals surface area contributed by atoms with Gasteiger partial charge in [-0.2, -0.15) is 0 Å². The van der Waals surface area contributed by atoms with E-state index in [0.29, 0.717) is 17.2 Å². The molecule has 0 saturated heterocycles. The minimum absolute atomic E-state index is 0.238. The van der Waals surface area contributed by atoms with Crippen LogP contribution >= 0.6 is 0 Å². The van der Waals surface area contributed by atoms with Crippen molar-refractivity contribution in [1.82, 2.24) is 0 Å². The Bertz CT molecular complexity index is 659. The molecule has 0 unspecified atom stereocenters. The number of aryl methyl sites for hydroxylation is 1. The minimum atomic E-state index is -0.772. The first-order chi connectivity index (χ1) is 11.0. The fourth-order valence-corrected chi connectivity index (χ4v) is 2.04. The average molecular weight is 316 g/mol. The third-order valence-electron chi connectivity index (χ3n) is 3.22. The summed E-state index contributed by atoms with van der Waals surface area (Å²) in [6, 6.07) is 12.6. The summed E-state index contributed by atoms with van der Waals surface area (Å²) in [6.07, 6.45) is -0.772. The monoisotopic (exact) mass is 316 g/mol. The number of ether oxygens (including phenoxy) is 4. The van der Waals surface area contributed by atoms with Crippen molar-refractivity contribution in [1.29, 1.82) is 0 Å². The van der Waals surface area contributed by atoms with E-state index in [1.54, 1.807) is 31.2 Å². The van der Waals surface area contributed by atoms with Gasteiger partial charge in [-0.3, -0.25) is 0 Å². The maximum Gasteiger partial charge on any atom is 0.352 e. The van der Waals surface area contributed by atoms with Crippen LogP contribution in [-0.2, 0) is 4.79 Å². The van der Waals surface area contributed by atoms with Crippen LogP contribution in [0.3, 0.4) is 0 Å². The highest BCUT2D eigenvalue weighted by Crippen LogP contribution is 2.37. The SMILES string of the molecule is COc1cccc(OC)c1OC(=O)[C@@H](C)Oc1cccc(C)c1. The van der Waals surface area contributed by atoms with Crippen molar-refractivity contribution in [3.05, 3.63) is 48.0 Å². The number of hydrogen-bond acceptors (Lipinski definition) is 5. The molecule has 2 aromatic rings. The topological polar surface area (TPSA) is 54.0 Å². The summed E-state index contributed by atoms with van der Waals surface area (Å²) in [4.78, 5) is 12.3. The molecule has 23 heavy (non-hydrogen) atoms. The summed E-state index contributed by atoms with van der Waals surface area (Å²) in [6.45, 7) is 3.59. The Labute approximate surface area is 135 Å². The molecule has 0 heterocycles. The molecule has 0 aromatic heterocycles. The van der Waals surface area contributed by atoms with Crippen LogP contribution in [0.2, 0.25) is 0 Å². The molecule has 1 atom stereocenters. The Hall–Kier alpha value is -2.69. The molecule has 5 nitrogen and oxygen atoms in total. The largest absolute Gasteiger partial charge is 0.493 e. The summed E-state index contributed by atoms with van der Waals surface area (Å²) in [5, 5.41) is 0. The second kappa shape index (κ2) is 7.54. The lowest BCUT2D eigenvalue weighted by Crippen LogP contribution is -2.28. The second-order valence-corrected chi connectivity index (χ2v) is 4.99. The molecule has 0 N–H and O–H groups in total. The van der Waals surface area contributed by atoms with Crippen molar-refractivity contribution in [2.24, 2.45) is 0 Å². The predicted octanol–water partition coefficient (Wildman–Crippen LogP) is 3.39. The number of methoxy groups -OCH3 is 2. The standard InChI is InChI=1S/C18H20O5/c1-12-7-5-8-14(11-12)22-13(2)18(19)23-17-15(20-3)9-6-10-16(17)21-4/h5-11,13H,1-4H3/t13-/m1/s1. The molecular formula is C18H20O5. The van der Waals surface area contributed by atoms with E-state index in [9.17, 15) is 4.79 Å². The molecule has 0 fully saturated rings. The molecule has 0 spiro atoms. The van der Waals surface area contributed by atoms with Crippen LogP contribution in [0.25, 0.3) is 0 Å². The van der Waals surface area contributed by atoms with E-state index in [1.165, 1.54) is 14.2 Å². The first-order valence-electron chi connectivity index (χ1n) is 7.21. The second-order valence-electron chi connectivity index (χ2n) is 4.99. The number of hydrogen-bond donors (Lipinski definition) is 0. The van der Waals surface area contributed by atoms with Gasteiger partial charge in [0.05, 0.1) is 14.2 Å². The fraction of sp³-hybridized carbons (Fsp3) is 0.278. The van der Waals surface area contributed by atoms with Crippen molar-refractivity contribution in [3.63, 3.8) is 0 Å². The van der Waals surface area contributed by atoms with Gasteiger partial charge in [0.15, 0.2) is 17.6 Å². The van der Waals surface area contributed by atoms with E-state index >= 15 is 0 Å². The Morgan fingerprint density at radius 1 is 1.00 bits per heavy atom. The van der Waals surface area contributed by atoms with Gasteiger partial charge in [0.2, 0.25) is 5.75 Å². The normalized spacial score (nSPS) is 11.5. The van der Waals surface area contributed by atoms with Gasteiger partial charge in [0.1, 0.15) is 5.75 Å². The Kier molecular flexibility index (Phi) is 5.46.